The largest absolute Gasteiger partial charge is 0.240 e. The molecule has 0 saturated carbocycles. The minimum atomic E-state index is -0.276. The first-order chi connectivity index (χ1) is 13.2. The van der Waals surface area contributed by atoms with E-state index in [4.69, 9.17) is 15.0 Å². The number of aromatic nitrogens is 4. The zero-order chi connectivity index (χ0) is 19.9. The average molecular weight is 371 g/mol. The maximum atomic E-state index is 4.98. The fraction of sp³-hybridized carbons (Fsp3) is 0.333. The first kappa shape index (κ1) is 18.5. The Labute approximate surface area is 166 Å². The van der Waals surface area contributed by atoms with Gasteiger partial charge >= 0.3 is 0 Å². The van der Waals surface area contributed by atoms with Gasteiger partial charge in [0.05, 0.1) is 16.7 Å². The highest BCUT2D eigenvalue weighted by Crippen LogP contribution is 2.30. The summed E-state index contributed by atoms with van der Waals surface area (Å²) in [6, 6.07) is 16.3. The van der Waals surface area contributed by atoms with E-state index in [1.807, 2.05) is 42.6 Å². The Hall–Kier alpha value is -2.88. The summed E-state index contributed by atoms with van der Waals surface area (Å²) in [5.41, 5.74) is 2.72. The van der Waals surface area contributed by atoms with Crippen molar-refractivity contribution in [2.75, 3.05) is 0 Å². The van der Waals surface area contributed by atoms with Gasteiger partial charge in [-0.1, -0.05) is 71.0 Å². The molecule has 0 fully saturated rings. The third-order valence-electron chi connectivity index (χ3n) is 5.05. The second kappa shape index (κ2) is 6.62. The molecule has 0 atom stereocenters. The molecule has 0 saturated heterocycles. The van der Waals surface area contributed by atoms with Crippen molar-refractivity contribution in [2.24, 2.45) is 0 Å². The van der Waals surface area contributed by atoms with E-state index in [2.05, 4.69) is 51.7 Å². The Morgan fingerprint density at radius 3 is 2.18 bits per heavy atom. The van der Waals surface area contributed by atoms with E-state index < -0.39 is 0 Å². The van der Waals surface area contributed by atoms with Crippen molar-refractivity contribution in [1.29, 1.82) is 0 Å². The molecular weight excluding hydrogens is 344 g/mol. The molecule has 0 aliphatic rings. The van der Waals surface area contributed by atoms with Gasteiger partial charge < -0.3 is 0 Å². The van der Waals surface area contributed by atoms with Crippen LogP contribution in [-0.4, -0.2) is 19.9 Å². The second-order valence-electron chi connectivity index (χ2n) is 9.07. The van der Waals surface area contributed by atoms with E-state index in [0.29, 0.717) is 6.42 Å². The Kier molecular flexibility index (Phi) is 4.37. The molecular formula is C24H26N4. The molecule has 4 rings (SSSR count). The monoisotopic (exact) mass is 370 g/mol. The highest BCUT2D eigenvalue weighted by Gasteiger charge is 2.28. The van der Waals surface area contributed by atoms with Gasteiger partial charge in [0.15, 0.2) is 0 Å². The molecule has 0 unspecified atom stereocenters. The van der Waals surface area contributed by atoms with Gasteiger partial charge in [-0.3, -0.25) is 0 Å². The number of benzene rings is 2. The van der Waals surface area contributed by atoms with E-state index in [-0.39, 0.29) is 10.8 Å². The van der Waals surface area contributed by atoms with Gasteiger partial charge in [0.2, 0.25) is 0 Å². The van der Waals surface area contributed by atoms with Crippen molar-refractivity contribution in [3.8, 4) is 0 Å². The standard InChI is InChI=1S/C24H26N4/c1-23(2,3)21-17-11-7-9-13-19(17)26-20(28-21)14-24(4,5)22-25-15-16-10-6-8-12-18(16)27-22/h6-13,15H,14H2,1-5H3. The lowest BCUT2D eigenvalue weighted by Gasteiger charge is -2.25. The van der Waals surface area contributed by atoms with Gasteiger partial charge in [-0.15, -0.1) is 0 Å². The van der Waals surface area contributed by atoms with Gasteiger partial charge in [0.1, 0.15) is 11.6 Å². The molecule has 2 aromatic heterocycles. The van der Waals surface area contributed by atoms with E-state index in [1.54, 1.807) is 0 Å². The highest BCUT2D eigenvalue weighted by atomic mass is 14.9. The summed E-state index contributed by atoms with van der Waals surface area (Å²) < 4.78 is 0. The smallest absolute Gasteiger partial charge is 0.135 e. The number of nitrogens with zero attached hydrogens (tertiary/aromatic N) is 4. The lowest BCUT2D eigenvalue weighted by atomic mass is 9.86. The van der Waals surface area contributed by atoms with E-state index in [9.17, 15) is 0 Å². The molecule has 2 aromatic carbocycles. The average Bonchev–Trinajstić information content (AvgIpc) is 2.66. The molecule has 4 heteroatoms. The summed E-state index contributed by atoms with van der Waals surface area (Å²) in [7, 11) is 0. The lowest BCUT2D eigenvalue weighted by molar-refractivity contribution is 0.472. The molecule has 28 heavy (non-hydrogen) atoms. The zero-order valence-corrected chi connectivity index (χ0v) is 17.2. The Morgan fingerprint density at radius 2 is 1.43 bits per heavy atom. The van der Waals surface area contributed by atoms with E-state index in [0.717, 1.165) is 39.1 Å². The predicted molar refractivity (Wildman–Crippen MR) is 115 cm³/mol. The number of rotatable bonds is 3. The van der Waals surface area contributed by atoms with Gasteiger partial charge in [-0.2, -0.15) is 0 Å². The van der Waals surface area contributed by atoms with Crippen LogP contribution in [0.25, 0.3) is 21.8 Å². The van der Waals surface area contributed by atoms with Gasteiger partial charge in [-0.05, 0) is 12.1 Å². The van der Waals surface area contributed by atoms with Crippen LogP contribution in [0.15, 0.2) is 54.7 Å². The third kappa shape index (κ3) is 3.47. The van der Waals surface area contributed by atoms with E-state index in [1.165, 1.54) is 0 Å². The van der Waals surface area contributed by atoms with Crippen molar-refractivity contribution < 1.29 is 0 Å². The molecule has 0 aliphatic carbocycles. The maximum Gasteiger partial charge on any atom is 0.135 e. The molecule has 4 aromatic rings. The van der Waals surface area contributed by atoms with Gasteiger partial charge in [-0.25, -0.2) is 19.9 Å². The molecule has 142 valence electrons. The molecule has 0 radical (unpaired) electrons. The molecule has 0 spiro atoms. The molecule has 0 amide bonds. The zero-order valence-electron chi connectivity index (χ0n) is 17.2. The summed E-state index contributed by atoms with van der Waals surface area (Å²) in [6.07, 6.45) is 2.58. The quantitative estimate of drug-likeness (QED) is 0.485. The van der Waals surface area contributed by atoms with Gasteiger partial charge in [0, 0.05) is 34.2 Å². The second-order valence-corrected chi connectivity index (χ2v) is 9.07. The molecule has 2 heterocycles. The lowest BCUT2D eigenvalue weighted by Crippen LogP contribution is -2.26. The highest BCUT2D eigenvalue weighted by molar-refractivity contribution is 5.81. The van der Waals surface area contributed by atoms with Gasteiger partial charge in [0.25, 0.3) is 0 Å². The first-order valence-corrected chi connectivity index (χ1v) is 9.72. The van der Waals surface area contributed by atoms with Crippen LogP contribution in [-0.2, 0) is 17.3 Å². The number of fused-ring (bicyclic) bond motifs is 2. The fourth-order valence-electron chi connectivity index (χ4n) is 3.55. The van der Waals surface area contributed by atoms with Crippen LogP contribution in [0, 0.1) is 0 Å². The van der Waals surface area contributed by atoms with Crippen molar-refractivity contribution in [3.05, 3.63) is 72.1 Å². The van der Waals surface area contributed by atoms with Crippen LogP contribution in [0.5, 0.6) is 0 Å². The third-order valence-corrected chi connectivity index (χ3v) is 5.05. The minimum absolute atomic E-state index is 0.0547. The molecule has 4 nitrogen and oxygen atoms in total. The number of hydrogen-bond donors (Lipinski definition) is 0. The SMILES string of the molecule is CC(C)(C)c1nc(CC(C)(C)c2ncc3ccccc3n2)nc2ccccc12. The Bertz CT molecular complexity index is 1160. The topological polar surface area (TPSA) is 51.6 Å². The van der Waals surface area contributed by atoms with Crippen LogP contribution in [0.1, 0.15) is 52.0 Å². The summed E-state index contributed by atoms with van der Waals surface area (Å²) >= 11 is 0. The van der Waals surface area contributed by atoms with Crippen LogP contribution in [0.4, 0.5) is 0 Å². The minimum Gasteiger partial charge on any atom is -0.240 e. The van der Waals surface area contributed by atoms with Crippen molar-refractivity contribution in [1.82, 2.24) is 19.9 Å². The summed E-state index contributed by atoms with van der Waals surface area (Å²) in [4.78, 5) is 19.3. The van der Waals surface area contributed by atoms with Crippen LogP contribution >= 0.6 is 0 Å². The van der Waals surface area contributed by atoms with Crippen LogP contribution < -0.4 is 0 Å². The predicted octanol–water partition coefficient (Wildman–Crippen LogP) is 5.39. The number of hydrogen-bond acceptors (Lipinski definition) is 4. The summed E-state index contributed by atoms with van der Waals surface area (Å²) in [5, 5.41) is 2.18. The first-order valence-electron chi connectivity index (χ1n) is 9.72. The van der Waals surface area contributed by atoms with Crippen LogP contribution in [0.2, 0.25) is 0 Å². The fourth-order valence-corrected chi connectivity index (χ4v) is 3.55. The van der Waals surface area contributed by atoms with Crippen molar-refractivity contribution in [2.45, 2.75) is 51.9 Å². The van der Waals surface area contributed by atoms with Crippen molar-refractivity contribution >= 4 is 21.8 Å². The normalized spacial score (nSPS) is 12.6. The van der Waals surface area contributed by atoms with E-state index >= 15 is 0 Å². The molecule has 0 aliphatic heterocycles. The molecule has 0 N–H and O–H groups in total. The molecule has 0 bridgehead atoms. The summed E-state index contributed by atoms with van der Waals surface area (Å²) in [5.74, 6) is 1.66. The maximum absolute atomic E-state index is 4.98. The Morgan fingerprint density at radius 1 is 0.750 bits per heavy atom. The van der Waals surface area contributed by atoms with Crippen molar-refractivity contribution in [3.63, 3.8) is 0 Å². The van der Waals surface area contributed by atoms with Crippen LogP contribution in [0.3, 0.4) is 0 Å². The Balaban J connectivity index is 1.77. The summed E-state index contributed by atoms with van der Waals surface area (Å²) in [6.45, 7) is 10.9. The number of para-hydroxylation sites is 2.